The number of Topliss-reactive ketones (excluding diaryl/α,β-unsaturated/α-hetero) is 1. The van der Waals surface area contributed by atoms with Crippen LogP contribution in [0.5, 0.6) is 0 Å². The second kappa shape index (κ2) is 6.79. The maximum atomic E-state index is 12.3. The molecule has 3 N–H and O–H groups in total. The fourth-order valence-electron chi connectivity index (χ4n) is 3.66. The van der Waals surface area contributed by atoms with Gasteiger partial charge in [-0.15, -0.1) is 0 Å². The molecule has 2 fully saturated rings. The number of hydrogen-bond donors (Lipinski definition) is 3. The van der Waals surface area contributed by atoms with E-state index in [1.165, 1.54) is 17.7 Å². The van der Waals surface area contributed by atoms with Gasteiger partial charge >= 0.3 is 0 Å². The lowest BCUT2D eigenvalue weighted by Gasteiger charge is -2.33. The van der Waals surface area contributed by atoms with Crippen LogP contribution in [0.15, 0.2) is 0 Å². The van der Waals surface area contributed by atoms with E-state index in [0.717, 1.165) is 38.3 Å². The minimum absolute atomic E-state index is 0.000386. The van der Waals surface area contributed by atoms with E-state index in [-0.39, 0.29) is 12.0 Å². The SMILES string of the molecule is CC1CCC[NH+](CC(=O)C2CCCC([NH+]([O-])O)C2)C1. The van der Waals surface area contributed by atoms with E-state index in [9.17, 15) is 10.0 Å². The maximum absolute atomic E-state index is 12.3. The van der Waals surface area contributed by atoms with Crippen molar-refractivity contribution < 1.29 is 20.1 Å². The normalized spacial score (nSPS) is 37.8. The summed E-state index contributed by atoms with van der Waals surface area (Å²) in [6.07, 6.45) is 5.59. The number of nitrogens with one attached hydrogen (secondary N) is 2. The highest BCUT2D eigenvalue weighted by molar-refractivity contribution is 5.82. The van der Waals surface area contributed by atoms with Gasteiger partial charge in [0, 0.05) is 24.7 Å². The largest absolute Gasteiger partial charge is 0.600 e. The van der Waals surface area contributed by atoms with Crippen molar-refractivity contribution in [1.29, 1.82) is 0 Å². The van der Waals surface area contributed by atoms with E-state index < -0.39 is 5.23 Å². The van der Waals surface area contributed by atoms with Crippen molar-refractivity contribution in [2.75, 3.05) is 19.6 Å². The van der Waals surface area contributed by atoms with E-state index in [1.807, 2.05) is 0 Å². The molecule has 19 heavy (non-hydrogen) atoms. The second-order valence-electron chi connectivity index (χ2n) is 6.49. The highest BCUT2D eigenvalue weighted by atomic mass is 16.8. The van der Waals surface area contributed by atoms with Crippen molar-refractivity contribution in [3.63, 3.8) is 0 Å². The summed E-state index contributed by atoms with van der Waals surface area (Å²) < 4.78 is 0. The average Bonchev–Trinajstić information content (AvgIpc) is 2.39. The topological polar surface area (TPSA) is 69.2 Å². The Morgan fingerprint density at radius 2 is 2.16 bits per heavy atom. The predicted molar refractivity (Wildman–Crippen MR) is 70.8 cm³/mol. The van der Waals surface area contributed by atoms with Crippen molar-refractivity contribution in [2.24, 2.45) is 11.8 Å². The van der Waals surface area contributed by atoms with Crippen LogP contribution in [0.1, 0.15) is 45.4 Å². The summed E-state index contributed by atoms with van der Waals surface area (Å²) in [5.74, 6) is 1.02. The first-order valence-electron chi connectivity index (χ1n) is 7.65. The standard InChI is InChI=1S/C14H26N2O3/c1-11-4-3-7-15(9-11)10-14(17)12-5-2-6-13(8-12)16(18)19/h11-13,16,18H,2-10H2,1H3/p+1. The molecule has 5 atom stereocenters. The summed E-state index contributed by atoms with van der Waals surface area (Å²) in [5.41, 5.74) is 0. The molecule has 0 radical (unpaired) electrons. The van der Waals surface area contributed by atoms with Crippen molar-refractivity contribution in [1.82, 2.24) is 0 Å². The highest BCUT2D eigenvalue weighted by Crippen LogP contribution is 2.23. The molecule has 0 aromatic carbocycles. The lowest BCUT2D eigenvalue weighted by Crippen LogP contribution is -3.14. The number of rotatable bonds is 4. The molecule has 0 aromatic rings. The molecule has 5 nitrogen and oxygen atoms in total. The summed E-state index contributed by atoms with van der Waals surface area (Å²) in [6, 6.07) is -0.294. The van der Waals surface area contributed by atoms with E-state index in [2.05, 4.69) is 6.92 Å². The molecule has 1 aliphatic carbocycles. The van der Waals surface area contributed by atoms with Gasteiger partial charge in [0.15, 0.2) is 5.78 Å². The van der Waals surface area contributed by atoms with Crippen LogP contribution in [-0.4, -0.2) is 36.7 Å². The zero-order chi connectivity index (χ0) is 13.8. The number of hydrogen-bond acceptors (Lipinski definition) is 3. The van der Waals surface area contributed by atoms with Crippen molar-refractivity contribution in [3.05, 3.63) is 5.21 Å². The van der Waals surface area contributed by atoms with Crippen molar-refractivity contribution >= 4 is 5.78 Å². The van der Waals surface area contributed by atoms with Crippen LogP contribution in [0.4, 0.5) is 0 Å². The Balaban J connectivity index is 1.82. The summed E-state index contributed by atoms with van der Waals surface area (Å²) in [7, 11) is 0. The van der Waals surface area contributed by atoms with Crippen LogP contribution in [0, 0.1) is 17.0 Å². The second-order valence-corrected chi connectivity index (χ2v) is 6.49. The first kappa shape index (κ1) is 14.9. The van der Waals surface area contributed by atoms with Crippen LogP contribution in [0.2, 0.25) is 0 Å². The molecule has 0 bridgehead atoms. The van der Waals surface area contributed by atoms with Gasteiger partial charge in [-0.1, -0.05) is 6.92 Å². The molecular weight excluding hydrogens is 244 g/mol. The molecule has 0 spiro atoms. The summed E-state index contributed by atoms with van der Waals surface area (Å²) in [6.45, 7) is 5.07. The first-order valence-corrected chi connectivity index (χ1v) is 7.65. The molecule has 1 saturated carbocycles. The first-order chi connectivity index (χ1) is 9.06. The Morgan fingerprint density at radius 3 is 2.84 bits per heavy atom. The number of hydroxylamine groups is 2. The van der Waals surface area contributed by atoms with Gasteiger partial charge in [-0.05, 0) is 25.7 Å². The number of ketones is 1. The van der Waals surface area contributed by atoms with Crippen LogP contribution in [-0.2, 0) is 4.79 Å². The molecule has 5 unspecified atom stereocenters. The Hall–Kier alpha value is -0.490. The zero-order valence-electron chi connectivity index (χ0n) is 11.9. The Morgan fingerprint density at radius 1 is 1.37 bits per heavy atom. The smallest absolute Gasteiger partial charge is 0.190 e. The molecule has 2 rings (SSSR count). The maximum Gasteiger partial charge on any atom is 0.190 e. The molecule has 2 aliphatic rings. The summed E-state index contributed by atoms with van der Waals surface area (Å²) >= 11 is 0. The number of carbonyl (C=O) groups is 1. The third-order valence-electron chi connectivity index (χ3n) is 4.77. The van der Waals surface area contributed by atoms with E-state index in [1.54, 1.807) is 0 Å². The lowest BCUT2D eigenvalue weighted by atomic mass is 9.83. The van der Waals surface area contributed by atoms with Gasteiger partial charge in [0.2, 0.25) is 0 Å². The van der Waals surface area contributed by atoms with Gasteiger partial charge in [0.25, 0.3) is 0 Å². The predicted octanol–water partition coefficient (Wildman–Crippen LogP) is -0.799. The molecule has 5 heteroatoms. The van der Waals surface area contributed by atoms with Crippen LogP contribution in [0.25, 0.3) is 0 Å². The number of piperidine rings is 1. The van der Waals surface area contributed by atoms with Crippen LogP contribution < -0.4 is 10.1 Å². The lowest BCUT2D eigenvalue weighted by molar-refractivity contribution is -1.07. The zero-order valence-corrected chi connectivity index (χ0v) is 11.9. The van der Waals surface area contributed by atoms with Crippen LogP contribution in [0.3, 0.4) is 0 Å². The fourth-order valence-corrected chi connectivity index (χ4v) is 3.66. The minimum atomic E-state index is -0.726. The van der Waals surface area contributed by atoms with Gasteiger partial charge in [-0.2, -0.15) is 0 Å². The van der Waals surface area contributed by atoms with Gasteiger partial charge in [-0.3, -0.25) is 4.79 Å². The van der Waals surface area contributed by atoms with E-state index >= 15 is 0 Å². The van der Waals surface area contributed by atoms with E-state index in [0.29, 0.717) is 18.7 Å². The fraction of sp³-hybridized carbons (Fsp3) is 0.929. The molecule has 1 aliphatic heterocycles. The summed E-state index contributed by atoms with van der Waals surface area (Å²) in [4.78, 5) is 13.7. The molecule has 110 valence electrons. The number of likely N-dealkylation sites (tertiary alicyclic amines) is 1. The minimum Gasteiger partial charge on any atom is -0.600 e. The third-order valence-corrected chi connectivity index (χ3v) is 4.77. The van der Waals surface area contributed by atoms with Crippen molar-refractivity contribution in [2.45, 2.75) is 51.5 Å². The Labute approximate surface area is 115 Å². The quantitative estimate of drug-likeness (QED) is 0.587. The Bertz CT molecular complexity index is 309. The molecule has 0 aromatic heterocycles. The van der Waals surface area contributed by atoms with Crippen LogP contribution >= 0.6 is 0 Å². The summed E-state index contributed by atoms with van der Waals surface area (Å²) in [5, 5.41) is 19.4. The third kappa shape index (κ3) is 4.24. The molecule has 0 amide bonds. The van der Waals surface area contributed by atoms with Gasteiger partial charge < -0.3 is 10.1 Å². The van der Waals surface area contributed by atoms with Gasteiger partial charge in [0.1, 0.15) is 12.6 Å². The molecule has 1 heterocycles. The number of quaternary nitrogens is 2. The van der Waals surface area contributed by atoms with E-state index in [4.69, 9.17) is 5.21 Å². The van der Waals surface area contributed by atoms with Gasteiger partial charge in [0.05, 0.1) is 13.1 Å². The Kier molecular flexibility index (Phi) is 5.33. The van der Waals surface area contributed by atoms with Gasteiger partial charge in [-0.25, -0.2) is 10.4 Å². The monoisotopic (exact) mass is 271 g/mol. The average molecular weight is 271 g/mol. The molecule has 1 saturated heterocycles. The van der Waals surface area contributed by atoms with Crippen molar-refractivity contribution in [3.8, 4) is 0 Å². The highest BCUT2D eigenvalue weighted by Gasteiger charge is 2.33. The number of carbonyl (C=O) groups excluding carboxylic acids is 1. The molecular formula is C14H27N2O3+.